The summed E-state index contributed by atoms with van der Waals surface area (Å²) in [6.07, 6.45) is 0.524. The van der Waals surface area contributed by atoms with Crippen LogP contribution in [0, 0.1) is 34.5 Å². The molecule has 0 aliphatic carbocycles. The van der Waals surface area contributed by atoms with E-state index in [4.69, 9.17) is 5.11 Å². The fraction of sp³-hybridized carbons (Fsp3) is 0.462. The van der Waals surface area contributed by atoms with Crippen LogP contribution in [0.1, 0.15) is 19.8 Å². The quantitative estimate of drug-likeness (QED) is 0.518. The average Bonchev–Trinajstić information content (AvgIpc) is 2.43. The molecular weight excluding hydrogens is 297 g/mol. The summed E-state index contributed by atoms with van der Waals surface area (Å²) in [5, 5.41) is 9.13. The molecule has 0 bridgehead atoms. The fourth-order valence-corrected chi connectivity index (χ4v) is 2.48. The van der Waals surface area contributed by atoms with Crippen LogP contribution < -0.4 is 4.90 Å². The predicted molar refractivity (Wildman–Crippen MR) is 63.4 cm³/mol. The first-order chi connectivity index (χ1) is 9.69. The number of aliphatic carboxylic acids is 1. The topological polar surface area (TPSA) is 40.5 Å². The third-order valence-electron chi connectivity index (χ3n) is 3.72. The average molecular weight is 309 g/mol. The molecule has 0 saturated carbocycles. The number of rotatable bonds is 2. The van der Waals surface area contributed by atoms with Gasteiger partial charge in [-0.05, 0) is 19.8 Å². The van der Waals surface area contributed by atoms with Gasteiger partial charge < -0.3 is 10.0 Å². The van der Waals surface area contributed by atoms with Gasteiger partial charge in [0.15, 0.2) is 23.3 Å². The lowest BCUT2D eigenvalue weighted by atomic mass is 9.82. The van der Waals surface area contributed by atoms with E-state index >= 15 is 0 Å². The molecule has 2 rings (SSSR count). The van der Waals surface area contributed by atoms with Crippen molar-refractivity contribution in [2.45, 2.75) is 19.8 Å². The molecule has 0 spiro atoms. The number of carboxylic acids is 1. The summed E-state index contributed by atoms with van der Waals surface area (Å²) in [5.41, 5.74) is -2.38. The van der Waals surface area contributed by atoms with Crippen LogP contribution in [0.5, 0.6) is 0 Å². The molecule has 3 nitrogen and oxygen atoms in total. The maximum atomic E-state index is 13.7. The van der Waals surface area contributed by atoms with E-state index in [1.54, 1.807) is 0 Å². The zero-order valence-corrected chi connectivity index (χ0v) is 11.0. The Labute approximate surface area is 117 Å². The first-order valence-corrected chi connectivity index (χ1v) is 6.19. The number of carboxylic acid groups (broad SMARTS) is 1. The van der Waals surface area contributed by atoms with Crippen molar-refractivity contribution in [3.63, 3.8) is 0 Å². The lowest BCUT2D eigenvalue weighted by molar-refractivity contribution is -0.148. The molecule has 1 atom stereocenters. The summed E-state index contributed by atoms with van der Waals surface area (Å²) in [5.74, 6) is -11.4. The van der Waals surface area contributed by atoms with E-state index in [0.717, 1.165) is 4.90 Å². The lowest BCUT2D eigenvalue weighted by Gasteiger charge is -2.39. The Morgan fingerprint density at radius 3 is 2.00 bits per heavy atom. The van der Waals surface area contributed by atoms with Crippen LogP contribution in [0.2, 0.25) is 0 Å². The summed E-state index contributed by atoms with van der Waals surface area (Å²) in [4.78, 5) is 12.1. The number of anilines is 1. The number of hydrogen-bond acceptors (Lipinski definition) is 2. The molecule has 0 aromatic heterocycles. The molecule has 0 radical (unpaired) electrons. The zero-order chi connectivity index (χ0) is 15.9. The summed E-state index contributed by atoms with van der Waals surface area (Å²) in [7, 11) is 0. The molecule has 1 fully saturated rings. The van der Waals surface area contributed by atoms with E-state index < -0.39 is 46.2 Å². The van der Waals surface area contributed by atoms with Gasteiger partial charge >= 0.3 is 5.97 Å². The molecule has 1 unspecified atom stereocenters. The van der Waals surface area contributed by atoms with Gasteiger partial charge in [-0.3, -0.25) is 4.79 Å². The lowest BCUT2D eigenvalue weighted by Crippen LogP contribution is -2.47. The monoisotopic (exact) mass is 309 g/mol. The van der Waals surface area contributed by atoms with E-state index in [9.17, 15) is 26.7 Å². The van der Waals surface area contributed by atoms with E-state index in [0.29, 0.717) is 0 Å². The Bertz CT molecular complexity index is 578. The molecule has 1 aliphatic rings. The van der Waals surface area contributed by atoms with Gasteiger partial charge in [0.05, 0.1) is 5.41 Å². The van der Waals surface area contributed by atoms with Crippen LogP contribution in [-0.2, 0) is 4.79 Å². The molecule has 0 amide bonds. The molecule has 21 heavy (non-hydrogen) atoms. The van der Waals surface area contributed by atoms with Crippen LogP contribution in [0.15, 0.2) is 0 Å². The molecule has 116 valence electrons. The molecule has 1 aliphatic heterocycles. The SMILES string of the molecule is CC1(C(=O)O)CCCN(c2c(F)c(F)c(F)c(F)c2F)C1. The first-order valence-electron chi connectivity index (χ1n) is 6.19. The number of hydrogen-bond donors (Lipinski definition) is 1. The van der Waals surface area contributed by atoms with Crippen LogP contribution >= 0.6 is 0 Å². The smallest absolute Gasteiger partial charge is 0.311 e. The molecule has 1 aromatic rings. The van der Waals surface area contributed by atoms with Crippen LogP contribution in [-0.4, -0.2) is 24.2 Å². The van der Waals surface area contributed by atoms with Gasteiger partial charge in [-0.25, -0.2) is 22.0 Å². The summed E-state index contributed by atoms with van der Waals surface area (Å²) >= 11 is 0. The fourth-order valence-electron chi connectivity index (χ4n) is 2.48. The highest BCUT2D eigenvalue weighted by Crippen LogP contribution is 2.36. The van der Waals surface area contributed by atoms with E-state index in [1.807, 2.05) is 0 Å². The predicted octanol–water partition coefficient (Wildman–Crippen LogP) is 3.07. The number of halogens is 5. The molecule has 1 heterocycles. The molecule has 1 N–H and O–H groups in total. The first kappa shape index (κ1) is 15.5. The number of carbonyl (C=O) groups is 1. The van der Waals surface area contributed by atoms with Crippen molar-refractivity contribution >= 4 is 11.7 Å². The highest BCUT2D eigenvalue weighted by atomic mass is 19.2. The van der Waals surface area contributed by atoms with Gasteiger partial charge in [0.2, 0.25) is 5.82 Å². The summed E-state index contributed by atoms with van der Waals surface area (Å²) in [6, 6.07) is 0. The van der Waals surface area contributed by atoms with Crippen LogP contribution in [0.3, 0.4) is 0 Å². The Morgan fingerprint density at radius 1 is 1.05 bits per heavy atom. The van der Waals surface area contributed by atoms with Crippen molar-refractivity contribution in [3.05, 3.63) is 29.1 Å². The minimum Gasteiger partial charge on any atom is -0.481 e. The van der Waals surface area contributed by atoms with Gasteiger partial charge in [0.1, 0.15) is 5.69 Å². The van der Waals surface area contributed by atoms with Gasteiger partial charge in [-0.1, -0.05) is 0 Å². The largest absolute Gasteiger partial charge is 0.481 e. The number of piperidine rings is 1. The Hall–Kier alpha value is -1.86. The highest BCUT2D eigenvalue weighted by Gasteiger charge is 2.40. The second-order valence-corrected chi connectivity index (χ2v) is 5.31. The second kappa shape index (κ2) is 5.16. The maximum absolute atomic E-state index is 13.7. The maximum Gasteiger partial charge on any atom is 0.311 e. The highest BCUT2D eigenvalue weighted by molar-refractivity contribution is 5.75. The molecule has 1 aromatic carbocycles. The van der Waals surface area contributed by atoms with Crippen molar-refractivity contribution in [1.29, 1.82) is 0 Å². The Kier molecular flexibility index (Phi) is 3.81. The normalized spacial score (nSPS) is 22.5. The van der Waals surface area contributed by atoms with Crippen molar-refractivity contribution < 1.29 is 31.9 Å². The van der Waals surface area contributed by atoms with Crippen molar-refractivity contribution in [2.24, 2.45) is 5.41 Å². The van der Waals surface area contributed by atoms with Gasteiger partial charge in [0.25, 0.3) is 0 Å². The minimum absolute atomic E-state index is 0.0151. The van der Waals surface area contributed by atoms with E-state index in [2.05, 4.69) is 0 Å². The van der Waals surface area contributed by atoms with E-state index in [1.165, 1.54) is 6.92 Å². The molecule has 1 saturated heterocycles. The second-order valence-electron chi connectivity index (χ2n) is 5.31. The summed E-state index contributed by atoms with van der Waals surface area (Å²) in [6.45, 7) is 1.05. The Balaban J connectivity index is 2.50. The standard InChI is InChI=1S/C13H12F5NO2/c1-13(12(20)21)3-2-4-19(5-13)11-9(17)7(15)6(14)8(16)10(11)18/h2-5H2,1H3,(H,20,21). The minimum atomic E-state index is -2.23. The molecular formula is C13H12F5NO2. The van der Waals surface area contributed by atoms with Crippen LogP contribution in [0.4, 0.5) is 27.6 Å². The van der Waals surface area contributed by atoms with Gasteiger partial charge in [-0.15, -0.1) is 0 Å². The third-order valence-corrected chi connectivity index (χ3v) is 3.72. The molecule has 8 heteroatoms. The van der Waals surface area contributed by atoms with Gasteiger partial charge in [-0.2, -0.15) is 0 Å². The van der Waals surface area contributed by atoms with Gasteiger partial charge in [0, 0.05) is 13.1 Å². The number of benzene rings is 1. The van der Waals surface area contributed by atoms with Crippen molar-refractivity contribution in [1.82, 2.24) is 0 Å². The summed E-state index contributed by atoms with van der Waals surface area (Å²) < 4.78 is 66.9. The number of nitrogens with zero attached hydrogens (tertiary/aromatic N) is 1. The Morgan fingerprint density at radius 2 is 1.52 bits per heavy atom. The third kappa shape index (κ3) is 2.43. The van der Waals surface area contributed by atoms with Crippen molar-refractivity contribution in [2.75, 3.05) is 18.0 Å². The van der Waals surface area contributed by atoms with Crippen molar-refractivity contribution in [3.8, 4) is 0 Å². The van der Waals surface area contributed by atoms with Crippen LogP contribution in [0.25, 0.3) is 0 Å². The van der Waals surface area contributed by atoms with E-state index in [-0.39, 0.29) is 25.9 Å². The zero-order valence-electron chi connectivity index (χ0n) is 11.0.